The third-order valence-electron chi connectivity index (χ3n) is 3.16. The maximum absolute atomic E-state index is 5.87. The van der Waals surface area contributed by atoms with Crippen LogP contribution in [0, 0.1) is 4.77 Å². The molecule has 0 unspecified atom stereocenters. The number of hydrogen-bond donors (Lipinski definition) is 1. The van der Waals surface area contributed by atoms with Crippen LogP contribution >= 0.6 is 12.2 Å². The summed E-state index contributed by atoms with van der Waals surface area (Å²) in [4.78, 5) is 4.31. The van der Waals surface area contributed by atoms with Crippen LogP contribution in [-0.4, -0.2) is 19.7 Å². The van der Waals surface area contributed by atoms with Gasteiger partial charge >= 0.3 is 0 Å². The van der Waals surface area contributed by atoms with Crippen LogP contribution in [0.1, 0.15) is 0 Å². The average Bonchev–Trinajstić information content (AvgIpc) is 2.97. The number of aromatic amines is 1. The number of nitrogens with one attached hydrogen (secondary N) is 1. The van der Waals surface area contributed by atoms with Gasteiger partial charge in [0.2, 0.25) is 5.88 Å². The zero-order valence-electron chi connectivity index (χ0n) is 12.3. The Kier molecular flexibility index (Phi) is 4.16. The van der Waals surface area contributed by atoms with Gasteiger partial charge in [-0.1, -0.05) is 31.4 Å². The molecule has 2 aromatic heterocycles. The standard InChI is InChI=1S/C17H14N4OS/c1-3-12(2)21-15(19-20-17(21)23)14-10-7-11-18-16(14)22-13-8-5-4-6-9-13/h3-11H,1-2H2,(H,20,23). The quantitative estimate of drug-likeness (QED) is 0.557. The van der Waals surface area contributed by atoms with E-state index in [1.165, 1.54) is 0 Å². The SMILES string of the molecule is C=CC(=C)n1c(-c2cccnc2Oc2ccccc2)n[nH]c1=S. The molecule has 114 valence electrons. The summed E-state index contributed by atoms with van der Waals surface area (Å²) in [6, 6.07) is 13.1. The van der Waals surface area contributed by atoms with Crippen LogP contribution in [0.25, 0.3) is 17.1 Å². The summed E-state index contributed by atoms with van der Waals surface area (Å²) in [5, 5.41) is 7.04. The minimum Gasteiger partial charge on any atom is -0.438 e. The first-order valence-electron chi connectivity index (χ1n) is 6.88. The van der Waals surface area contributed by atoms with Crippen molar-refractivity contribution in [2.45, 2.75) is 0 Å². The van der Waals surface area contributed by atoms with Gasteiger partial charge in [0.1, 0.15) is 5.75 Å². The van der Waals surface area contributed by atoms with Gasteiger partial charge in [0.05, 0.1) is 5.56 Å². The first kappa shape index (κ1) is 14.9. The maximum atomic E-state index is 5.87. The first-order valence-corrected chi connectivity index (χ1v) is 7.29. The highest BCUT2D eigenvalue weighted by atomic mass is 32.1. The Labute approximate surface area is 138 Å². The fourth-order valence-corrected chi connectivity index (χ4v) is 2.33. The fraction of sp³-hybridized carbons (Fsp3) is 0. The Morgan fingerprint density at radius 1 is 1.22 bits per heavy atom. The molecule has 0 saturated heterocycles. The topological polar surface area (TPSA) is 55.7 Å². The van der Waals surface area contributed by atoms with Crippen LogP contribution in [0.5, 0.6) is 11.6 Å². The first-order chi connectivity index (χ1) is 11.2. The molecule has 0 atom stereocenters. The molecule has 3 rings (SSSR count). The van der Waals surface area contributed by atoms with Gasteiger partial charge in [-0.15, -0.1) is 0 Å². The summed E-state index contributed by atoms with van der Waals surface area (Å²) >= 11 is 5.26. The molecule has 0 bridgehead atoms. The average molecular weight is 322 g/mol. The smallest absolute Gasteiger partial charge is 0.230 e. The molecule has 6 heteroatoms. The van der Waals surface area contributed by atoms with E-state index in [1.54, 1.807) is 16.8 Å². The molecule has 1 aromatic carbocycles. The van der Waals surface area contributed by atoms with Crippen LogP contribution in [0.15, 0.2) is 67.9 Å². The highest BCUT2D eigenvalue weighted by Gasteiger charge is 2.16. The van der Waals surface area contributed by atoms with Crippen molar-refractivity contribution in [3.63, 3.8) is 0 Å². The van der Waals surface area contributed by atoms with Crippen LogP contribution in [0.4, 0.5) is 0 Å². The third kappa shape index (κ3) is 2.97. The minimum absolute atomic E-state index is 0.430. The number of ether oxygens (including phenoxy) is 1. The Balaban J connectivity index is 2.10. The Morgan fingerprint density at radius 2 is 2.00 bits per heavy atom. The highest BCUT2D eigenvalue weighted by molar-refractivity contribution is 7.71. The van der Waals surface area contributed by atoms with Gasteiger partial charge in [0, 0.05) is 11.9 Å². The second-order valence-electron chi connectivity index (χ2n) is 4.65. The number of nitrogens with zero attached hydrogens (tertiary/aromatic N) is 3. The molecular weight excluding hydrogens is 308 g/mol. The molecule has 0 aliphatic rings. The van der Waals surface area contributed by atoms with E-state index in [-0.39, 0.29) is 0 Å². The van der Waals surface area contributed by atoms with Gasteiger partial charge in [-0.2, -0.15) is 5.10 Å². The van der Waals surface area contributed by atoms with E-state index in [2.05, 4.69) is 28.3 Å². The number of hydrogen-bond acceptors (Lipinski definition) is 4. The Hall–Kier alpha value is -2.99. The second kappa shape index (κ2) is 6.41. The Morgan fingerprint density at radius 3 is 2.74 bits per heavy atom. The largest absolute Gasteiger partial charge is 0.438 e. The van der Waals surface area contributed by atoms with Crippen LogP contribution in [0.3, 0.4) is 0 Å². The zero-order chi connectivity index (χ0) is 16.2. The lowest BCUT2D eigenvalue weighted by molar-refractivity contribution is 0.464. The van der Waals surface area contributed by atoms with Crippen molar-refractivity contribution in [2.24, 2.45) is 0 Å². The van der Waals surface area contributed by atoms with E-state index in [4.69, 9.17) is 17.0 Å². The van der Waals surface area contributed by atoms with E-state index >= 15 is 0 Å². The molecule has 0 fully saturated rings. The van der Waals surface area contributed by atoms with Gasteiger partial charge < -0.3 is 4.74 Å². The summed E-state index contributed by atoms with van der Waals surface area (Å²) in [6.07, 6.45) is 3.28. The maximum Gasteiger partial charge on any atom is 0.230 e. The fourth-order valence-electron chi connectivity index (χ4n) is 2.08. The number of rotatable bonds is 5. The van der Waals surface area contributed by atoms with Gasteiger partial charge in [-0.05, 0) is 42.6 Å². The van der Waals surface area contributed by atoms with Crippen molar-refractivity contribution < 1.29 is 4.74 Å². The van der Waals surface area contributed by atoms with Crippen LogP contribution in [0.2, 0.25) is 0 Å². The second-order valence-corrected chi connectivity index (χ2v) is 5.04. The van der Waals surface area contributed by atoms with E-state index in [0.29, 0.717) is 33.5 Å². The van der Waals surface area contributed by atoms with Gasteiger partial charge in [-0.25, -0.2) is 4.98 Å². The van der Waals surface area contributed by atoms with Crippen molar-refractivity contribution in [1.29, 1.82) is 0 Å². The van der Waals surface area contributed by atoms with Gasteiger partial charge in [-0.3, -0.25) is 9.67 Å². The number of para-hydroxylation sites is 1. The van der Waals surface area contributed by atoms with Crippen molar-refractivity contribution in [2.75, 3.05) is 0 Å². The zero-order valence-corrected chi connectivity index (χ0v) is 13.1. The third-order valence-corrected chi connectivity index (χ3v) is 3.44. The molecule has 0 spiro atoms. The van der Waals surface area contributed by atoms with E-state index in [1.807, 2.05) is 42.5 Å². The van der Waals surface area contributed by atoms with Crippen molar-refractivity contribution in [3.05, 3.63) is 72.7 Å². The number of aromatic nitrogens is 4. The summed E-state index contributed by atoms with van der Waals surface area (Å²) in [6.45, 7) is 7.66. The monoisotopic (exact) mass is 322 g/mol. The van der Waals surface area contributed by atoms with Crippen molar-refractivity contribution in [1.82, 2.24) is 19.7 Å². The molecular formula is C17H14N4OS. The summed E-state index contributed by atoms with van der Waals surface area (Å²) in [7, 11) is 0. The number of pyridine rings is 1. The van der Waals surface area contributed by atoms with E-state index < -0.39 is 0 Å². The molecule has 0 amide bonds. The van der Waals surface area contributed by atoms with E-state index in [0.717, 1.165) is 0 Å². The highest BCUT2D eigenvalue weighted by Crippen LogP contribution is 2.31. The molecule has 5 nitrogen and oxygen atoms in total. The van der Waals surface area contributed by atoms with Gasteiger partial charge in [0.25, 0.3) is 0 Å². The van der Waals surface area contributed by atoms with Gasteiger partial charge in [0.15, 0.2) is 10.6 Å². The molecule has 0 aliphatic heterocycles. The van der Waals surface area contributed by atoms with Crippen molar-refractivity contribution >= 4 is 17.9 Å². The number of H-pyrrole nitrogens is 1. The molecule has 1 N–H and O–H groups in total. The molecule has 3 aromatic rings. The lowest BCUT2D eigenvalue weighted by Crippen LogP contribution is -1.99. The summed E-state index contributed by atoms with van der Waals surface area (Å²) in [5.74, 6) is 1.69. The normalized spacial score (nSPS) is 10.3. The lowest BCUT2D eigenvalue weighted by atomic mass is 10.2. The van der Waals surface area contributed by atoms with Crippen LogP contribution < -0.4 is 4.74 Å². The molecule has 0 aliphatic carbocycles. The lowest BCUT2D eigenvalue weighted by Gasteiger charge is -2.11. The molecule has 23 heavy (non-hydrogen) atoms. The summed E-state index contributed by atoms with van der Waals surface area (Å²) < 4.78 is 8.00. The van der Waals surface area contributed by atoms with E-state index in [9.17, 15) is 0 Å². The molecule has 2 heterocycles. The predicted molar refractivity (Wildman–Crippen MR) is 92.7 cm³/mol. The number of allylic oxidation sites excluding steroid dienone is 2. The molecule has 0 saturated carbocycles. The van der Waals surface area contributed by atoms with Crippen molar-refractivity contribution in [3.8, 4) is 23.0 Å². The Bertz CT molecular complexity index is 912. The predicted octanol–water partition coefficient (Wildman–Crippen LogP) is 4.45. The molecule has 0 radical (unpaired) electrons. The number of benzene rings is 1. The summed E-state index contributed by atoms with van der Waals surface area (Å²) in [5.41, 5.74) is 1.32. The van der Waals surface area contributed by atoms with Crippen LogP contribution in [-0.2, 0) is 0 Å². The minimum atomic E-state index is 0.430.